The van der Waals surface area contributed by atoms with Gasteiger partial charge < -0.3 is 4.74 Å². The van der Waals surface area contributed by atoms with Crippen LogP contribution in [0.5, 0.6) is 5.75 Å². The summed E-state index contributed by atoms with van der Waals surface area (Å²) in [6.07, 6.45) is 0. The van der Waals surface area contributed by atoms with Crippen molar-refractivity contribution < 1.29 is 13.5 Å². The molecule has 14 heavy (non-hydrogen) atoms. The second-order valence-corrected chi connectivity index (χ2v) is 3.90. The summed E-state index contributed by atoms with van der Waals surface area (Å²) in [4.78, 5) is 0. The van der Waals surface area contributed by atoms with E-state index in [0.29, 0.717) is 5.75 Å². The van der Waals surface area contributed by atoms with Gasteiger partial charge in [-0.3, -0.25) is 0 Å². The second-order valence-electron chi connectivity index (χ2n) is 2.62. The van der Waals surface area contributed by atoms with E-state index in [4.69, 9.17) is 0 Å². The highest BCUT2D eigenvalue weighted by Crippen LogP contribution is 2.24. The number of rotatable bonds is 5. The number of para-hydroxylation sites is 1. The van der Waals surface area contributed by atoms with Crippen LogP contribution in [-0.2, 0) is 5.75 Å². The van der Waals surface area contributed by atoms with Crippen molar-refractivity contribution >= 4 is 11.8 Å². The van der Waals surface area contributed by atoms with Gasteiger partial charge in [-0.1, -0.05) is 25.1 Å². The molecule has 0 N–H and O–H groups in total. The minimum absolute atomic E-state index is 0.281. The largest absolute Gasteiger partial charge is 0.435 e. The molecule has 1 aromatic rings. The normalized spacial score (nSPS) is 10.6. The Bertz CT molecular complexity index is 279. The lowest BCUT2D eigenvalue weighted by Gasteiger charge is -2.09. The van der Waals surface area contributed by atoms with Gasteiger partial charge in [-0.2, -0.15) is 20.5 Å². The fraction of sp³-hybridized carbons (Fsp3) is 0.400. The van der Waals surface area contributed by atoms with Gasteiger partial charge in [0.1, 0.15) is 5.75 Å². The molecule has 0 unspecified atom stereocenters. The van der Waals surface area contributed by atoms with Gasteiger partial charge in [0, 0.05) is 11.3 Å². The molecule has 78 valence electrons. The van der Waals surface area contributed by atoms with E-state index < -0.39 is 6.61 Å². The van der Waals surface area contributed by atoms with E-state index in [9.17, 15) is 8.78 Å². The van der Waals surface area contributed by atoms with Crippen molar-refractivity contribution in [2.24, 2.45) is 0 Å². The summed E-state index contributed by atoms with van der Waals surface area (Å²) in [5.74, 6) is 1.95. The number of thioether (sulfide) groups is 1. The molecule has 0 aliphatic heterocycles. The number of ether oxygens (including phenoxy) is 1. The topological polar surface area (TPSA) is 9.23 Å². The van der Waals surface area contributed by atoms with Crippen molar-refractivity contribution in [3.8, 4) is 5.75 Å². The first-order chi connectivity index (χ1) is 6.74. The zero-order chi connectivity index (χ0) is 10.4. The van der Waals surface area contributed by atoms with Crippen molar-refractivity contribution in [2.75, 3.05) is 5.75 Å². The molecule has 0 spiro atoms. The first-order valence-electron chi connectivity index (χ1n) is 4.34. The molecule has 1 nitrogen and oxygen atoms in total. The summed E-state index contributed by atoms with van der Waals surface area (Å²) in [6.45, 7) is -0.718. The Kier molecular flexibility index (Phi) is 4.73. The maximum atomic E-state index is 12.0. The van der Waals surface area contributed by atoms with Crippen LogP contribution in [-0.4, -0.2) is 12.4 Å². The third-order valence-corrected chi connectivity index (χ3v) is 2.57. The molecule has 0 bridgehead atoms. The smallest absolute Gasteiger partial charge is 0.387 e. The average Bonchev–Trinajstić information content (AvgIpc) is 2.16. The van der Waals surface area contributed by atoms with Crippen LogP contribution in [0.3, 0.4) is 0 Å². The van der Waals surface area contributed by atoms with Gasteiger partial charge in [0.15, 0.2) is 0 Å². The third kappa shape index (κ3) is 3.54. The van der Waals surface area contributed by atoms with Crippen molar-refractivity contribution in [1.82, 2.24) is 0 Å². The Morgan fingerprint density at radius 3 is 2.71 bits per heavy atom. The van der Waals surface area contributed by atoms with Crippen LogP contribution in [0.15, 0.2) is 24.3 Å². The summed E-state index contributed by atoms with van der Waals surface area (Å²) in [5, 5.41) is 0. The number of alkyl halides is 2. The van der Waals surface area contributed by atoms with E-state index in [1.165, 1.54) is 0 Å². The van der Waals surface area contributed by atoms with Crippen LogP contribution in [0.4, 0.5) is 8.78 Å². The fourth-order valence-corrected chi connectivity index (χ4v) is 1.71. The van der Waals surface area contributed by atoms with Crippen LogP contribution >= 0.6 is 11.8 Å². The maximum absolute atomic E-state index is 12.0. The van der Waals surface area contributed by atoms with E-state index in [1.54, 1.807) is 30.0 Å². The van der Waals surface area contributed by atoms with E-state index in [1.807, 2.05) is 13.0 Å². The van der Waals surface area contributed by atoms with Gasteiger partial charge in [-0.05, 0) is 11.8 Å². The molecule has 0 saturated heterocycles. The first kappa shape index (κ1) is 11.3. The summed E-state index contributed by atoms with van der Waals surface area (Å²) < 4.78 is 28.4. The molecule has 1 rings (SSSR count). The van der Waals surface area contributed by atoms with Crippen LogP contribution in [0.1, 0.15) is 12.5 Å². The third-order valence-electron chi connectivity index (χ3n) is 1.65. The highest BCUT2D eigenvalue weighted by Gasteiger charge is 2.08. The first-order valence-corrected chi connectivity index (χ1v) is 5.50. The molecule has 0 atom stereocenters. The second kappa shape index (κ2) is 5.86. The van der Waals surface area contributed by atoms with Crippen LogP contribution in [0.2, 0.25) is 0 Å². The number of benzene rings is 1. The lowest BCUT2D eigenvalue weighted by molar-refractivity contribution is -0.0503. The molecule has 0 heterocycles. The molecule has 0 aliphatic rings. The Labute approximate surface area is 86.5 Å². The quantitative estimate of drug-likeness (QED) is 0.747. The Hall–Kier alpha value is -0.770. The predicted molar refractivity (Wildman–Crippen MR) is 54.9 cm³/mol. The summed E-state index contributed by atoms with van der Waals surface area (Å²) in [6, 6.07) is 6.89. The Morgan fingerprint density at radius 2 is 2.07 bits per heavy atom. The fourth-order valence-electron chi connectivity index (χ4n) is 1.05. The number of hydrogen-bond donors (Lipinski definition) is 0. The van der Waals surface area contributed by atoms with Gasteiger partial charge in [-0.15, -0.1) is 0 Å². The summed E-state index contributed by atoms with van der Waals surface area (Å²) >= 11 is 1.68. The zero-order valence-corrected chi connectivity index (χ0v) is 8.69. The van der Waals surface area contributed by atoms with Crippen LogP contribution < -0.4 is 4.74 Å². The van der Waals surface area contributed by atoms with Crippen molar-refractivity contribution in [1.29, 1.82) is 0 Å². The van der Waals surface area contributed by atoms with E-state index >= 15 is 0 Å². The maximum Gasteiger partial charge on any atom is 0.387 e. The van der Waals surface area contributed by atoms with Crippen molar-refractivity contribution in [3.63, 3.8) is 0 Å². The van der Waals surface area contributed by atoms with E-state index in [0.717, 1.165) is 11.3 Å². The minimum Gasteiger partial charge on any atom is -0.435 e. The molecule has 0 saturated carbocycles. The zero-order valence-electron chi connectivity index (χ0n) is 7.87. The van der Waals surface area contributed by atoms with Gasteiger partial charge in [0.25, 0.3) is 0 Å². The number of hydrogen-bond acceptors (Lipinski definition) is 2. The predicted octanol–water partition coefficient (Wildman–Crippen LogP) is 3.54. The van der Waals surface area contributed by atoms with Crippen molar-refractivity contribution in [3.05, 3.63) is 29.8 Å². The molecule has 0 radical (unpaired) electrons. The highest BCUT2D eigenvalue weighted by atomic mass is 32.2. The number of halogens is 2. The van der Waals surface area contributed by atoms with Crippen LogP contribution in [0, 0.1) is 0 Å². The minimum atomic E-state index is -2.75. The van der Waals surface area contributed by atoms with E-state index in [-0.39, 0.29) is 5.75 Å². The average molecular weight is 218 g/mol. The van der Waals surface area contributed by atoms with Gasteiger partial charge >= 0.3 is 6.61 Å². The van der Waals surface area contributed by atoms with Gasteiger partial charge in [-0.25, -0.2) is 0 Å². The lowest BCUT2D eigenvalue weighted by Crippen LogP contribution is -2.03. The monoisotopic (exact) mass is 218 g/mol. The highest BCUT2D eigenvalue weighted by molar-refractivity contribution is 7.98. The Balaban J connectivity index is 2.69. The van der Waals surface area contributed by atoms with Gasteiger partial charge in [0.2, 0.25) is 0 Å². The molecule has 0 aliphatic carbocycles. The Morgan fingerprint density at radius 1 is 1.36 bits per heavy atom. The van der Waals surface area contributed by atoms with Crippen LogP contribution in [0.25, 0.3) is 0 Å². The summed E-state index contributed by atoms with van der Waals surface area (Å²) in [5.41, 5.74) is 0.819. The van der Waals surface area contributed by atoms with Gasteiger partial charge in [0.05, 0.1) is 0 Å². The molecule has 1 aromatic carbocycles. The summed E-state index contributed by atoms with van der Waals surface area (Å²) in [7, 11) is 0. The standard InChI is InChI=1S/C10H12F2OS/c1-2-14-7-8-5-3-4-6-9(8)13-10(11)12/h3-6,10H,2,7H2,1H3. The molecule has 4 heteroatoms. The molecular weight excluding hydrogens is 206 g/mol. The van der Waals surface area contributed by atoms with Crippen molar-refractivity contribution in [2.45, 2.75) is 19.3 Å². The SMILES string of the molecule is CCSCc1ccccc1OC(F)F. The van der Waals surface area contributed by atoms with E-state index in [2.05, 4.69) is 4.74 Å². The molecular formula is C10H12F2OS. The molecule has 0 aromatic heterocycles. The lowest BCUT2D eigenvalue weighted by atomic mass is 10.2. The molecule has 0 amide bonds. The molecule has 0 fully saturated rings.